The molecule has 0 bridgehead atoms. The normalized spacial score (nSPS) is 20.4. The molecular weight excluding hydrogens is 256 g/mol. The summed E-state index contributed by atoms with van der Waals surface area (Å²) in [5, 5.41) is 12.0. The van der Waals surface area contributed by atoms with Crippen molar-refractivity contribution in [2.75, 3.05) is 26.4 Å². The van der Waals surface area contributed by atoms with Crippen LogP contribution in [0.15, 0.2) is 12.1 Å². The summed E-state index contributed by atoms with van der Waals surface area (Å²) in [6.07, 6.45) is 2.02. The highest BCUT2D eigenvalue weighted by Crippen LogP contribution is 2.11. The molecule has 0 saturated carbocycles. The zero-order valence-electron chi connectivity index (χ0n) is 12.5. The molecular formula is C15H27N2O3+. The summed E-state index contributed by atoms with van der Waals surface area (Å²) in [6.45, 7) is 5.48. The number of hydrogen-bond donors (Lipinski definition) is 2. The molecule has 1 aromatic rings. The van der Waals surface area contributed by atoms with Gasteiger partial charge in [0.25, 0.3) is 0 Å². The van der Waals surface area contributed by atoms with Crippen molar-refractivity contribution in [1.82, 2.24) is 4.57 Å². The van der Waals surface area contributed by atoms with Gasteiger partial charge in [-0.25, -0.2) is 0 Å². The Morgan fingerprint density at radius 3 is 3.05 bits per heavy atom. The average Bonchev–Trinajstić information content (AvgIpc) is 3.04. The van der Waals surface area contributed by atoms with Crippen LogP contribution in [0.2, 0.25) is 0 Å². The number of ether oxygens (including phenoxy) is 2. The molecule has 20 heavy (non-hydrogen) atoms. The molecule has 2 rings (SSSR count). The van der Waals surface area contributed by atoms with Crippen LogP contribution in [-0.4, -0.2) is 48.2 Å². The van der Waals surface area contributed by atoms with Crippen LogP contribution in [0.1, 0.15) is 24.2 Å². The van der Waals surface area contributed by atoms with Crippen LogP contribution < -0.4 is 5.32 Å². The van der Waals surface area contributed by atoms with Crippen LogP contribution in [0.3, 0.4) is 0 Å². The monoisotopic (exact) mass is 283 g/mol. The van der Waals surface area contributed by atoms with E-state index in [0.29, 0.717) is 19.8 Å². The molecule has 1 aliphatic rings. The van der Waals surface area contributed by atoms with E-state index in [4.69, 9.17) is 9.47 Å². The van der Waals surface area contributed by atoms with Crippen molar-refractivity contribution in [3.63, 3.8) is 0 Å². The first-order valence-corrected chi connectivity index (χ1v) is 7.47. The molecule has 0 radical (unpaired) electrons. The molecule has 0 spiro atoms. The fourth-order valence-electron chi connectivity index (χ4n) is 2.47. The summed E-state index contributed by atoms with van der Waals surface area (Å²) in [4.78, 5) is 0. The largest absolute Gasteiger partial charge is 0.385 e. The Bertz CT molecular complexity index is 400. The van der Waals surface area contributed by atoms with Gasteiger partial charge < -0.3 is 24.5 Å². The van der Waals surface area contributed by atoms with Gasteiger partial charge in [0, 0.05) is 19.3 Å². The molecule has 3 N–H and O–H groups in total. The van der Waals surface area contributed by atoms with Gasteiger partial charge in [0.05, 0.1) is 25.0 Å². The topological polar surface area (TPSA) is 60.2 Å². The van der Waals surface area contributed by atoms with Gasteiger partial charge in [-0.1, -0.05) is 0 Å². The second-order valence-electron chi connectivity index (χ2n) is 5.58. The highest BCUT2D eigenvalue weighted by atomic mass is 16.5. The first-order chi connectivity index (χ1) is 9.66. The molecule has 0 unspecified atom stereocenters. The number of nitrogens with two attached hydrogens (primary N) is 1. The molecule has 0 amide bonds. The van der Waals surface area contributed by atoms with Crippen LogP contribution in [0.4, 0.5) is 0 Å². The predicted molar refractivity (Wildman–Crippen MR) is 76.4 cm³/mol. The highest BCUT2D eigenvalue weighted by Gasteiger charge is 2.16. The van der Waals surface area contributed by atoms with Gasteiger partial charge in [-0.05, 0) is 31.9 Å². The van der Waals surface area contributed by atoms with E-state index in [-0.39, 0.29) is 6.10 Å². The second kappa shape index (κ2) is 7.78. The fraction of sp³-hybridized carbons (Fsp3) is 0.733. The zero-order chi connectivity index (χ0) is 14.4. The summed E-state index contributed by atoms with van der Waals surface area (Å²) in [5.74, 6) is 0. The van der Waals surface area contributed by atoms with E-state index in [2.05, 4.69) is 36.0 Å². The van der Waals surface area contributed by atoms with Crippen molar-refractivity contribution in [2.45, 2.75) is 38.5 Å². The molecule has 1 saturated heterocycles. The smallest absolute Gasteiger partial charge is 0.126 e. The fourth-order valence-corrected chi connectivity index (χ4v) is 2.47. The number of nitrogens with zero attached hydrogens (tertiary/aromatic N) is 1. The SMILES string of the molecule is Cc1ccc(C[NH2+]C[C@H](O)COC[C@@H]2CCCO2)n1C. The Morgan fingerprint density at radius 1 is 1.55 bits per heavy atom. The number of quaternary nitrogens is 1. The summed E-state index contributed by atoms with van der Waals surface area (Å²) < 4.78 is 13.2. The maximum atomic E-state index is 9.87. The maximum absolute atomic E-state index is 9.87. The number of aliphatic hydroxyl groups is 1. The lowest BCUT2D eigenvalue weighted by Crippen LogP contribution is -2.85. The van der Waals surface area contributed by atoms with Gasteiger partial charge in [-0.3, -0.25) is 0 Å². The van der Waals surface area contributed by atoms with Crippen molar-refractivity contribution in [3.05, 3.63) is 23.5 Å². The van der Waals surface area contributed by atoms with Crippen molar-refractivity contribution in [2.24, 2.45) is 7.05 Å². The van der Waals surface area contributed by atoms with Gasteiger partial charge in [-0.2, -0.15) is 0 Å². The summed E-state index contributed by atoms with van der Waals surface area (Å²) in [7, 11) is 2.07. The lowest BCUT2D eigenvalue weighted by Gasteiger charge is -2.13. The van der Waals surface area contributed by atoms with Crippen molar-refractivity contribution in [1.29, 1.82) is 0 Å². The number of aliphatic hydroxyl groups excluding tert-OH is 1. The Hall–Kier alpha value is -0.880. The van der Waals surface area contributed by atoms with E-state index >= 15 is 0 Å². The van der Waals surface area contributed by atoms with Crippen LogP contribution in [0, 0.1) is 6.92 Å². The molecule has 2 heterocycles. The van der Waals surface area contributed by atoms with E-state index in [9.17, 15) is 5.11 Å². The molecule has 1 fully saturated rings. The molecule has 5 nitrogen and oxygen atoms in total. The van der Waals surface area contributed by atoms with E-state index in [1.807, 2.05) is 0 Å². The van der Waals surface area contributed by atoms with Gasteiger partial charge in [0.15, 0.2) is 0 Å². The van der Waals surface area contributed by atoms with Gasteiger partial charge in [0.1, 0.15) is 19.2 Å². The van der Waals surface area contributed by atoms with Gasteiger partial charge in [-0.15, -0.1) is 0 Å². The third-order valence-electron chi connectivity index (χ3n) is 3.91. The second-order valence-corrected chi connectivity index (χ2v) is 5.58. The standard InChI is InChI=1S/C15H26N2O3/c1-12-5-6-13(17(12)2)8-16-9-14(18)10-19-11-15-4-3-7-20-15/h5-6,14-16,18H,3-4,7-11H2,1-2H3/p+1/t14-,15-/m0/s1. The van der Waals surface area contributed by atoms with Crippen LogP contribution >= 0.6 is 0 Å². The highest BCUT2D eigenvalue weighted by molar-refractivity contribution is 5.13. The lowest BCUT2D eigenvalue weighted by atomic mass is 10.2. The van der Waals surface area contributed by atoms with Gasteiger partial charge >= 0.3 is 0 Å². The molecule has 1 aromatic heterocycles. The zero-order valence-corrected chi connectivity index (χ0v) is 12.5. The molecule has 0 aromatic carbocycles. The molecule has 5 heteroatoms. The molecule has 2 atom stereocenters. The Balaban J connectivity index is 1.55. The summed E-state index contributed by atoms with van der Waals surface area (Å²) in [5.41, 5.74) is 2.53. The summed E-state index contributed by atoms with van der Waals surface area (Å²) >= 11 is 0. The Morgan fingerprint density at radius 2 is 2.40 bits per heavy atom. The van der Waals surface area contributed by atoms with Crippen LogP contribution in [-0.2, 0) is 23.1 Å². The quantitative estimate of drug-likeness (QED) is 0.703. The third kappa shape index (κ3) is 4.59. The molecule has 1 aliphatic heterocycles. The van der Waals surface area contributed by atoms with Crippen molar-refractivity contribution < 1.29 is 19.9 Å². The molecule has 0 aliphatic carbocycles. The number of aryl methyl sites for hydroxylation is 1. The Labute approximate surface area is 120 Å². The lowest BCUT2D eigenvalue weighted by molar-refractivity contribution is -0.677. The minimum atomic E-state index is -0.419. The Kier molecular flexibility index (Phi) is 6.04. The molecule has 114 valence electrons. The number of aromatic nitrogens is 1. The van der Waals surface area contributed by atoms with Crippen LogP contribution in [0.5, 0.6) is 0 Å². The summed E-state index contributed by atoms with van der Waals surface area (Å²) in [6, 6.07) is 4.25. The van der Waals surface area contributed by atoms with E-state index in [0.717, 1.165) is 26.0 Å². The minimum Gasteiger partial charge on any atom is -0.385 e. The average molecular weight is 283 g/mol. The number of rotatable bonds is 8. The van der Waals surface area contributed by atoms with E-state index in [1.165, 1.54) is 11.4 Å². The van der Waals surface area contributed by atoms with Crippen LogP contribution in [0.25, 0.3) is 0 Å². The maximum Gasteiger partial charge on any atom is 0.126 e. The number of hydrogen-bond acceptors (Lipinski definition) is 3. The van der Waals surface area contributed by atoms with Crippen molar-refractivity contribution >= 4 is 0 Å². The van der Waals surface area contributed by atoms with E-state index < -0.39 is 6.10 Å². The van der Waals surface area contributed by atoms with Crippen molar-refractivity contribution in [3.8, 4) is 0 Å². The first kappa shape index (κ1) is 15.5. The third-order valence-corrected chi connectivity index (χ3v) is 3.91. The first-order valence-electron chi connectivity index (χ1n) is 7.47. The minimum absolute atomic E-state index is 0.234. The predicted octanol–water partition coefficient (Wildman–Crippen LogP) is -0.0466. The van der Waals surface area contributed by atoms with Gasteiger partial charge in [0.2, 0.25) is 0 Å². The van der Waals surface area contributed by atoms with E-state index in [1.54, 1.807) is 0 Å².